The van der Waals surface area contributed by atoms with E-state index in [1.54, 1.807) is 0 Å². The number of nitrogens with one attached hydrogen (secondary N) is 1. The van der Waals surface area contributed by atoms with Crippen molar-refractivity contribution in [3.05, 3.63) is 30.3 Å². The molecule has 2 aliphatic rings. The maximum atomic E-state index is 6.08. The van der Waals surface area contributed by atoms with Crippen LogP contribution in [-0.4, -0.2) is 68.6 Å². The minimum atomic E-state index is 0. The van der Waals surface area contributed by atoms with Crippen molar-refractivity contribution in [2.24, 2.45) is 4.99 Å². The van der Waals surface area contributed by atoms with Gasteiger partial charge in [-0.05, 0) is 38.3 Å². The molecule has 7 heteroatoms. The molecule has 3 rings (SSSR count). The fraction of sp³-hybridized carbons (Fsp3) is 0.667. The molecular weight excluding hydrogens is 469 g/mol. The number of hydrogen-bond donors (Lipinski definition) is 1. The first kappa shape index (κ1) is 23.2. The summed E-state index contributed by atoms with van der Waals surface area (Å²) in [5, 5.41) is 3.43. The number of nitrogens with zero attached hydrogens (tertiary/aromatic N) is 2. The van der Waals surface area contributed by atoms with Crippen molar-refractivity contribution in [2.75, 3.05) is 39.4 Å². The van der Waals surface area contributed by atoms with Crippen molar-refractivity contribution in [1.29, 1.82) is 0 Å². The van der Waals surface area contributed by atoms with E-state index in [4.69, 9.17) is 19.2 Å². The highest BCUT2D eigenvalue weighted by atomic mass is 127. The van der Waals surface area contributed by atoms with Crippen molar-refractivity contribution in [3.63, 3.8) is 0 Å². The first-order chi connectivity index (χ1) is 13.3. The van der Waals surface area contributed by atoms with Gasteiger partial charge in [-0.25, -0.2) is 4.99 Å². The van der Waals surface area contributed by atoms with Gasteiger partial charge in [-0.1, -0.05) is 25.1 Å². The van der Waals surface area contributed by atoms with E-state index >= 15 is 0 Å². The van der Waals surface area contributed by atoms with Gasteiger partial charge < -0.3 is 24.4 Å². The zero-order valence-corrected chi connectivity index (χ0v) is 19.3. The van der Waals surface area contributed by atoms with Crippen molar-refractivity contribution < 1.29 is 14.2 Å². The van der Waals surface area contributed by atoms with Crippen molar-refractivity contribution in [3.8, 4) is 5.75 Å². The maximum Gasteiger partial charge on any atom is 0.194 e. The Bertz CT molecular complexity index is 582. The molecule has 3 unspecified atom stereocenters. The Morgan fingerprint density at radius 1 is 1.21 bits per heavy atom. The first-order valence-corrected chi connectivity index (χ1v) is 10.3. The Labute approximate surface area is 186 Å². The number of benzene rings is 1. The highest BCUT2D eigenvalue weighted by Crippen LogP contribution is 2.21. The second-order valence-corrected chi connectivity index (χ2v) is 7.06. The van der Waals surface area contributed by atoms with E-state index in [2.05, 4.69) is 24.1 Å². The van der Waals surface area contributed by atoms with Gasteiger partial charge >= 0.3 is 0 Å². The van der Waals surface area contributed by atoms with Crippen LogP contribution in [0.4, 0.5) is 0 Å². The van der Waals surface area contributed by atoms with Gasteiger partial charge in [0.05, 0.1) is 19.3 Å². The van der Waals surface area contributed by atoms with E-state index in [1.807, 2.05) is 30.3 Å². The SMILES string of the molecule is CCNC(=NCC(CC)Oc1ccccc1)N1CCOC(C2CCCO2)C1.I. The minimum absolute atomic E-state index is 0. The van der Waals surface area contributed by atoms with Crippen LogP contribution in [0, 0.1) is 0 Å². The molecule has 0 radical (unpaired) electrons. The average molecular weight is 503 g/mol. The lowest BCUT2D eigenvalue weighted by Crippen LogP contribution is -2.53. The van der Waals surface area contributed by atoms with Crippen LogP contribution in [0.2, 0.25) is 0 Å². The maximum absolute atomic E-state index is 6.08. The molecule has 0 aromatic heterocycles. The summed E-state index contributed by atoms with van der Waals surface area (Å²) in [6, 6.07) is 9.97. The van der Waals surface area contributed by atoms with Crippen LogP contribution in [0.3, 0.4) is 0 Å². The summed E-state index contributed by atoms with van der Waals surface area (Å²) >= 11 is 0. The number of para-hydroxylation sites is 1. The highest BCUT2D eigenvalue weighted by Gasteiger charge is 2.32. The molecule has 2 saturated heterocycles. The van der Waals surface area contributed by atoms with Crippen LogP contribution < -0.4 is 10.1 Å². The lowest BCUT2D eigenvalue weighted by Gasteiger charge is -2.37. The number of ether oxygens (including phenoxy) is 3. The summed E-state index contributed by atoms with van der Waals surface area (Å²) in [7, 11) is 0. The van der Waals surface area contributed by atoms with Gasteiger partial charge in [0, 0.05) is 26.2 Å². The van der Waals surface area contributed by atoms with Gasteiger partial charge in [-0.2, -0.15) is 0 Å². The zero-order valence-electron chi connectivity index (χ0n) is 17.0. The van der Waals surface area contributed by atoms with Crippen LogP contribution in [0.5, 0.6) is 5.75 Å². The summed E-state index contributed by atoms with van der Waals surface area (Å²) in [6.45, 7) is 8.97. The molecule has 1 aromatic rings. The van der Waals surface area contributed by atoms with E-state index in [0.29, 0.717) is 13.2 Å². The van der Waals surface area contributed by atoms with Crippen molar-refractivity contribution in [2.45, 2.75) is 51.4 Å². The molecule has 2 aliphatic heterocycles. The Balaban J connectivity index is 0.00000280. The van der Waals surface area contributed by atoms with Gasteiger partial charge in [0.1, 0.15) is 18.0 Å². The Kier molecular flexibility index (Phi) is 10.4. The molecular formula is C21H34IN3O3. The quantitative estimate of drug-likeness (QED) is 0.352. The van der Waals surface area contributed by atoms with Gasteiger partial charge in [0.15, 0.2) is 5.96 Å². The molecule has 2 fully saturated rings. The molecule has 0 spiro atoms. The van der Waals surface area contributed by atoms with Gasteiger partial charge in [0.2, 0.25) is 0 Å². The number of guanidine groups is 1. The Morgan fingerprint density at radius 2 is 2.00 bits per heavy atom. The van der Waals surface area contributed by atoms with E-state index in [1.165, 1.54) is 0 Å². The zero-order chi connectivity index (χ0) is 18.9. The lowest BCUT2D eigenvalue weighted by atomic mass is 10.1. The molecule has 2 heterocycles. The second kappa shape index (κ2) is 12.5. The Morgan fingerprint density at radius 3 is 2.68 bits per heavy atom. The predicted octanol–water partition coefficient (Wildman–Crippen LogP) is 3.31. The predicted molar refractivity (Wildman–Crippen MR) is 123 cm³/mol. The minimum Gasteiger partial charge on any atom is -0.489 e. The standard InChI is InChI=1S/C21H33N3O3.HI/c1-3-17(27-18-9-6-5-7-10-18)15-23-21(22-4-2)24-12-14-26-20(16-24)19-11-8-13-25-19;/h5-7,9-10,17,19-20H,3-4,8,11-16H2,1-2H3,(H,22,23);1H. The molecule has 28 heavy (non-hydrogen) atoms. The van der Waals surface area contributed by atoms with E-state index in [0.717, 1.165) is 57.2 Å². The molecule has 0 aliphatic carbocycles. The van der Waals surface area contributed by atoms with Crippen molar-refractivity contribution in [1.82, 2.24) is 10.2 Å². The second-order valence-electron chi connectivity index (χ2n) is 7.06. The largest absolute Gasteiger partial charge is 0.489 e. The number of halogens is 1. The van der Waals surface area contributed by atoms with Crippen LogP contribution in [0.15, 0.2) is 35.3 Å². The highest BCUT2D eigenvalue weighted by molar-refractivity contribution is 14.0. The molecule has 3 atom stereocenters. The average Bonchev–Trinajstić information content (AvgIpc) is 3.26. The molecule has 0 amide bonds. The number of rotatable bonds is 7. The summed E-state index contributed by atoms with van der Waals surface area (Å²) in [5.74, 6) is 1.84. The number of morpholine rings is 1. The Hall–Kier alpha value is -1.06. The monoisotopic (exact) mass is 503 g/mol. The normalized spacial score (nSPS) is 23.8. The molecule has 158 valence electrons. The fourth-order valence-corrected chi connectivity index (χ4v) is 3.54. The summed E-state index contributed by atoms with van der Waals surface area (Å²) < 4.78 is 17.9. The molecule has 0 saturated carbocycles. The first-order valence-electron chi connectivity index (χ1n) is 10.3. The fourth-order valence-electron chi connectivity index (χ4n) is 3.54. The summed E-state index contributed by atoms with van der Waals surface area (Å²) in [5.41, 5.74) is 0. The van der Waals surface area contributed by atoms with Crippen LogP contribution in [-0.2, 0) is 9.47 Å². The number of hydrogen-bond acceptors (Lipinski definition) is 4. The van der Waals surface area contributed by atoms with Crippen LogP contribution in [0.25, 0.3) is 0 Å². The molecule has 0 bridgehead atoms. The molecule has 1 N–H and O–H groups in total. The lowest BCUT2D eigenvalue weighted by molar-refractivity contribution is -0.0817. The smallest absolute Gasteiger partial charge is 0.194 e. The van der Waals surface area contributed by atoms with Crippen molar-refractivity contribution >= 4 is 29.9 Å². The van der Waals surface area contributed by atoms with E-state index < -0.39 is 0 Å². The van der Waals surface area contributed by atoms with E-state index in [9.17, 15) is 0 Å². The summed E-state index contributed by atoms with van der Waals surface area (Å²) in [6.07, 6.45) is 3.56. The third kappa shape index (κ3) is 6.77. The molecule has 1 aromatic carbocycles. The van der Waals surface area contributed by atoms with E-state index in [-0.39, 0.29) is 42.3 Å². The topological polar surface area (TPSA) is 55.3 Å². The van der Waals surface area contributed by atoms with Crippen LogP contribution >= 0.6 is 24.0 Å². The van der Waals surface area contributed by atoms with Gasteiger partial charge in [-0.3, -0.25) is 0 Å². The van der Waals surface area contributed by atoms with Crippen LogP contribution in [0.1, 0.15) is 33.1 Å². The molecule has 6 nitrogen and oxygen atoms in total. The number of aliphatic imine (C=N–C) groups is 1. The summed E-state index contributed by atoms with van der Waals surface area (Å²) in [4.78, 5) is 7.18. The third-order valence-electron chi connectivity index (χ3n) is 5.05. The van der Waals surface area contributed by atoms with Gasteiger partial charge in [-0.15, -0.1) is 24.0 Å². The third-order valence-corrected chi connectivity index (χ3v) is 5.05. The van der Waals surface area contributed by atoms with Gasteiger partial charge in [0.25, 0.3) is 0 Å².